The molecule has 0 saturated carbocycles. The van der Waals surface area contributed by atoms with Crippen LogP contribution >= 0.6 is 0 Å². The standard InChI is InChI=1S/C48H28/c1-3-12-36-29(8-1)16-19-34-28-35(23-24-37(34)36)46-39-14-5-6-15-40(39)47(43-27-20-30-9-2-4-13-38(30)48(43)46)42-26-22-33-18-17-31-10-7-11-32-21-25-41(42)45(33)44(31)32/h1-28H. The van der Waals surface area contributed by atoms with Crippen LogP contribution in [-0.4, -0.2) is 0 Å². The molecule has 0 spiro atoms. The second kappa shape index (κ2) is 9.64. The van der Waals surface area contributed by atoms with Crippen LogP contribution in [0, 0.1) is 0 Å². The van der Waals surface area contributed by atoms with Crippen LogP contribution in [0.2, 0.25) is 0 Å². The summed E-state index contributed by atoms with van der Waals surface area (Å²) in [5.41, 5.74) is 5.14. The van der Waals surface area contributed by atoms with Gasteiger partial charge in [-0.05, 0) is 114 Å². The Labute approximate surface area is 277 Å². The summed E-state index contributed by atoms with van der Waals surface area (Å²) in [5, 5.41) is 20.7. The highest BCUT2D eigenvalue weighted by Gasteiger charge is 2.21. The van der Waals surface area contributed by atoms with Crippen molar-refractivity contribution in [2.24, 2.45) is 0 Å². The first-order valence-corrected chi connectivity index (χ1v) is 16.8. The van der Waals surface area contributed by atoms with Gasteiger partial charge in [0, 0.05) is 0 Å². The van der Waals surface area contributed by atoms with E-state index in [-0.39, 0.29) is 0 Å². The van der Waals surface area contributed by atoms with Crippen LogP contribution in [0.4, 0.5) is 0 Å². The Bertz CT molecular complexity index is 3090. The third-order valence-electron chi connectivity index (χ3n) is 10.7. The molecule has 0 aliphatic carbocycles. The zero-order valence-electron chi connectivity index (χ0n) is 26.2. The van der Waals surface area contributed by atoms with E-state index < -0.39 is 0 Å². The summed E-state index contributed by atoms with van der Waals surface area (Å²) in [7, 11) is 0. The molecule has 0 aliphatic rings. The zero-order chi connectivity index (χ0) is 31.3. The van der Waals surface area contributed by atoms with Crippen LogP contribution in [0.3, 0.4) is 0 Å². The van der Waals surface area contributed by atoms with Crippen molar-refractivity contribution in [3.05, 3.63) is 170 Å². The molecule has 0 N–H and O–H groups in total. The summed E-state index contributed by atoms with van der Waals surface area (Å²) in [6.07, 6.45) is 0. The Morgan fingerprint density at radius 2 is 0.729 bits per heavy atom. The van der Waals surface area contributed by atoms with E-state index in [2.05, 4.69) is 170 Å². The SMILES string of the molecule is c1ccc2c(c1)ccc1cc(-c3c4ccccc4c(-c4ccc5ccc6cccc7ccc4c5c67)c4ccc5ccccc5c34)ccc12. The minimum atomic E-state index is 1.25. The van der Waals surface area contributed by atoms with Crippen LogP contribution in [0.5, 0.6) is 0 Å². The van der Waals surface area contributed by atoms with Crippen molar-refractivity contribution in [1.82, 2.24) is 0 Å². The van der Waals surface area contributed by atoms with Gasteiger partial charge in [-0.1, -0.05) is 164 Å². The number of rotatable bonds is 2. The van der Waals surface area contributed by atoms with Gasteiger partial charge in [-0.25, -0.2) is 0 Å². The lowest BCUT2D eigenvalue weighted by molar-refractivity contribution is 1.70. The van der Waals surface area contributed by atoms with E-state index in [9.17, 15) is 0 Å². The molecule has 0 fully saturated rings. The largest absolute Gasteiger partial charge is 0.0616 e. The maximum Gasteiger partial charge on any atom is -0.00141 e. The lowest BCUT2D eigenvalue weighted by Crippen LogP contribution is -1.93. The van der Waals surface area contributed by atoms with Crippen molar-refractivity contribution >= 4 is 86.2 Å². The molecule has 0 unspecified atom stereocenters. The Balaban J connectivity index is 1.31. The predicted octanol–water partition coefficient (Wildman–Crippen LogP) is 13.7. The summed E-state index contributed by atoms with van der Waals surface area (Å²) >= 11 is 0. The fourth-order valence-electron chi connectivity index (χ4n) is 8.66. The van der Waals surface area contributed by atoms with Gasteiger partial charge in [-0.2, -0.15) is 0 Å². The first-order valence-electron chi connectivity index (χ1n) is 16.8. The number of fused-ring (bicyclic) bond motifs is 7. The predicted molar refractivity (Wildman–Crippen MR) is 209 cm³/mol. The lowest BCUT2D eigenvalue weighted by atomic mass is 9.82. The molecule has 0 saturated heterocycles. The van der Waals surface area contributed by atoms with E-state index in [4.69, 9.17) is 0 Å². The van der Waals surface area contributed by atoms with Gasteiger partial charge in [-0.15, -0.1) is 0 Å². The normalized spacial score (nSPS) is 12.2. The molecule has 0 atom stereocenters. The van der Waals surface area contributed by atoms with Crippen LogP contribution in [0.1, 0.15) is 0 Å². The van der Waals surface area contributed by atoms with E-state index in [1.807, 2.05) is 0 Å². The summed E-state index contributed by atoms with van der Waals surface area (Å²) in [4.78, 5) is 0. The highest BCUT2D eigenvalue weighted by atomic mass is 14.2. The molecule has 0 amide bonds. The first kappa shape index (κ1) is 25.9. The fourth-order valence-corrected chi connectivity index (χ4v) is 8.66. The molecule has 0 aromatic heterocycles. The zero-order valence-corrected chi connectivity index (χ0v) is 26.2. The van der Waals surface area contributed by atoms with Gasteiger partial charge in [0.15, 0.2) is 0 Å². The van der Waals surface area contributed by atoms with E-state index in [0.717, 1.165) is 0 Å². The van der Waals surface area contributed by atoms with Crippen molar-refractivity contribution < 1.29 is 0 Å². The van der Waals surface area contributed by atoms with Crippen LogP contribution in [-0.2, 0) is 0 Å². The molecule has 0 bridgehead atoms. The van der Waals surface area contributed by atoms with Crippen molar-refractivity contribution in [3.8, 4) is 22.3 Å². The second-order valence-corrected chi connectivity index (χ2v) is 13.2. The van der Waals surface area contributed by atoms with Crippen LogP contribution < -0.4 is 0 Å². The van der Waals surface area contributed by atoms with E-state index in [1.54, 1.807) is 0 Å². The third-order valence-corrected chi connectivity index (χ3v) is 10.7. The average Bonchev–Trinajstić information content (AvgIpc) is 3.15. The highest BCUT2D eigenvalue weighted by Crippen LogP contribution is 2.49. The quantitative estimate of drug-likeness (QED) is 0.136. The van der Waals surface area contributed by atoms with Crippen molar-refractivity contribution in [1.29, 1.82) is 0 Å². The molecule has 11 aromatic carbocycles. The van der Waals surface area contributed by atoms with Gasteiger partial charge in [0.25, 0.3) is 0 Å². The first-order chi connectivity index (χ1) is 23.8. The Morgan fingerprint density at radius 3 is 1.54 bits per heavy atom. The summed E-state index contributed by atoms with van der Waals surface area (Å²) < 4.78 is 0. The fraction of sp³-hybridized carbons (Fsp3) is 0. The van der Waals surface area contributed by atoms with Gasteiger partial charge in [0.1, 0.15) is 0 Å². The van der Waals surface area contributed by atoms with E-state index >= 15 is 0 Å². The number of hydrogen-bond donors (Lipinski definition) is 0. The summed E-state index contributed by atoms with van der Waals surface area (Å²) in [6.45, 7) is 0. The van der Waals surface area contributed by atoms with E-state index in [0.29, 0.717) is 0 Å². The Morgan fingerprint density at radius 1 is 0.229 bits per heavy atom. The molecular formula is C48H28. The number of hydrogen-bond acceptors (Lipinski definition) is 0. The molecule has 0 aliphatic heterocycles. The Hall–Kier alpha value is -6.24. The minimum Gasteiger partial charge on any atom is -0.0616 e. The molecule has 11 aromatic rings. The van der Waals surface area contributed by atoms with Gasteiger partial charge in [0.05, 0.1) is 0 Å². The third kappa shape index (κ3) is 3.49. The smallest absolute Gasteiger partial charge is 0.00141 e. The Kier molecular flexibility index (Phi) is 5.20. The van der Waals surface area contributed by atoms with E-state index in [1.165, 1.54) is 108 Å². The van der Waals surface area contributed by atoms with Gasteiger partial charge >= 0.3 is 0 Å². The minimum absolute atomic E-state index is 1.25. The lowest BCUT2D eigenvalue weighted by Gasteiger charge is -2.21. The van der Waals surface area contributed by atoms with Gasteiger partial charge in [-0.3, -0.25) is 0 Å². The summed E-state index contributed by atoms with van der Waals surface area (Å²) in [6, 6.07) is 63.5. The maximum absolute atomic E-state index is 2.40. The molecule has 11 rings (SSSR count). The topological polar surface area (TPSA) is 0 Å². The van der Waals surface area contributed by atoms with Gasteiger partial charge < -0.3 is 0 Å². The maximum atomic E-state index is 2.40. The molecule has 0 radical (unpaired) electrons. The molecule has 220 valence electrons. The molecule has 48 heavy (non-hydrogen) atoms. The molecular weight excluding hydrogens is 577 g/mol. The van der Waals surface area contributed by atoms with Gasteiger partial charge in [0.2, 0.25) is 0 Å². The molecule has 0 heterocycles. The van der Waals surface area contributed by atoms with Crippen molar-refractivity contribution in [3.63, 3.8) is 0 Å². The number of benzene rings is 11. The molecule has 0 heteroatoms. The summed E-state index contributed by atoms with van der Waals surface area (Å²) in [5.74, 6) is 0. The van der Waals surface area contributed by atoms with Crippen molar-refractivity contribution in [2.75, 3.05) is 0 Å². The average molecular weight is 605 g/mol. The van der Waals surface area contributed by atoms with Crippen molar-refractivity contribution in [2.45, 2.75) is 0 Å². The monoisotopic (exact) mass is 604 g/mol. The molecule has 0 nitrogen and oxygen atoms in total. The van der Waals surface area contributed by atoms with Crippen LogP contribution in [0.15, 0.2) is 170 Å². The van der Waals surface area contributed by atoms with Crippen LogP contribution in [0.25, 0.3) is 108 Å². The second-order valence-electron chi connectivity index (χ2n) is 13.2. The highest BCUT2D eigenvalue weighted by molar-refractivity contribution is 6.32.